The summed E-state index contributed by atoms with van der Waals surface area (Å²) in [6, 6.07) is 15.9. The van der Waals surface area contributed by atoms with Gasteiger partial charge in [0, 0.05) is 25.9 Å². The van der Waals surface area contributed by atoms with Gasteiger partial charge in [-0.05, 0) is 37.0 Å². The maximum atomic E-state index is 12.7. The first-order chi connectivity index (χ1) is 12.3. The Morgan fingerprint density at radius 3 is 2.76 bits per heavy atom. The second-order valence-electron chi connectivity index (χ2n) is 6.30. The van der Waals surface area contributed by atoms with Crippen molar-refractivity contribution in [2.24, 2.45) is 0 Å². The van der Waals surface area contributed by atoms with E-state index >= 15 is 0 Å². The van der Waals surface area contributed by atoms with Crippen LogP contribution in [-0.4, -0.2) is 41.7 Å². The first-order valence-corrected chi connectivity index (χ1v) is 8.89. The number of hydrogen-bond donors (Lipinski definition) is 1. The van der Waals surface area contributed by atoms with Gasteiger partial charge in [-0.2, -0.15) is 0 Å². The molecule has 0 saturated carbocycles. The molecule has 1 aliphatic rings. The van der Waals surface area contributed by atoms with Crippen molar-refractivity contribution in [3.8, 4) is 0 Å². The van der Waals surface area contributed by atoms with Gasteiger partial charge in [-0.3, -0.25) is 4.98 Å². The Morgan fingerprint density at radius 2 is 2.04 bits per heavy atom. The summed E-state index contributed by atoms with van der Waals surface area (Å²) in [6.45, 7) is 2.51. The van der Waals surface area contributed by atoms with Crippen LogP contribution in [0.25, 0.3) is 0 Å². The highest BCUT2D eigenvalue weighted by atomic mass is 16.5. The monoisotopic (exact) mass is 339 g/mol. The van der Waals surface area contributed by atoms with Crippen LogP contribution in [0.4, 0.5) is 4.79 Å². The lowest BCUT2D eigenvalue weighted by Crippen LogP contribution is -2.44. The number of ether oxygens (including phenoxy) is 1. The van der Waals surface area contributed by atoms with Gasteiger partial charge in [-0.25, -0.2) is 4.79 Å². The molecule has 1 aromatic carbocycles. The molecule has 5 heteroatoms. The van der Waals surface area contributed by atoms with Crippen molar-refractivity contribution in [2.75, 3.05) is 19.7 Å². The molecule has 1 atom stereocenters. The van der Waals surface area contributed by atoms with Gasteiger partial charge < -0.3 is 15.0 Å². The van der Waals surface area contributed by atoms with Crippen LogP contribution in [0.1, 0.15) is 24.1 Å². The fourth-order valence-electron chi connectivity index (χ4n) is 3.01. The maximum Gasteiger partial charge on any atom is 0.317 e. The summed E-state index contributed by atoms with van der Waals surface area (Å²) in [7, 11) is 0. The lowest BCUT2D eigenvalue weighted by Gasteiger charge is -2.25. The molecule has 3 rings (SSSR count). The van der Waals surface area contributed by atoms with Crippen LogP contribution in [-0.2, 0) is 17.7 Å². The molecule has 0 aliphatic carbocycles. The van der Waals surface area contributed by atoms with Gasteiger partial charge in [-0.1, -0.05) is 36.4 Å². The standard InChI is InChI=1S/C20H25N3O2/c24-20(22-13-11-17-7-2-1-3-8-17)23(16-19-10-6-14-25-19)15-18-9-4-5-12-21-18/h1-5,7-9,12,19H,6,10-11,13-16H2,(H,22,24). The summed E-state index contributed by atoms with van der Waals surface area (Å²) in [5.41, 5.74) is 2.11. The number of nitrogens with one attached hydrogen (secondary N) is 1. The Kier molecular flexibility index (Phi) is 6.40. The van der Waals surface area contributed by atoms with E-state index in [2.05, 4.69) is 22.4 Å². The van der Waals surface area contributed by atoms with Crippen molar-refractivity contribution in [1.29, 1.82) is 0 Å². The number of rotatable bonds is 7. The van der Waals surface area contributed by atoms with E-state index in [9.17, 15) is 4.79 Å². The molecule has 0 radical (unpaired) electrons. The van der Waals surface area contributed by atoms with Gasteiger partial charge >= 0.3 is 6.03 Å². The van der Waals surface area contributed by atoms with E-state index in [0.29, 0.717) is 19.6 Å². The fourth-order valence-corrected chi connectivity index (χ4v) is 3.01. The number of benzene rings is 1. The molecule has 5 nitrogen and oxygen atoms in total. The number of carbonyl (C=O) groups is 1. The Morgan fingerprint density at radius 1 is 1.20 bits per heavy atom. The molecule has 0 bridgehead atoms. The number of hydrogen-bond acceptors (Lipinski definition) is 3. The molecule has 1 aromatic heterocycles. The van der Waals surface area contributed by atoms with Crippen LogP contribution in [0.15, 0.2) is 54.7 Å². The van der Waals surface area contributed by atoms with Crippen molar-refractivity contribution in [1.82, 2.24) is 15.2 Å². The molecule has 2 heterocycles. The Labute approximate surface area is 149 Å². The molecule has 1 N–H and O–H groups in total. The zero-order chi connectivity index (χ0) is 17.3. The van der Waals surface area contributed by atoms with Crippen molar-refractivity contribution in [3.63, 3.8) is 0 Å². The first kappa shape index (κ1) is 17.4. The Hall–Kier alpha value is -2.40. The summed E-state index contributed by atoms with van der Waals surface area (Å²) in [5, 5.41) is 3.03. The van der Waals surface area contributed by atoms with Crippen LogP contribution in [0.3, 0.4) is 0 Å². The molecule has 2 amide bonds. The third kappa shape index (κ3) is 5.57. The van der Waals surface area contributed by atoms with Gasteiger partial charge in [0.05, 0.1) is 18.3 Å². The fraction of sp³-hybridized carbons (Fsp3) is 0.400. The lowest BCUT2D eigenvalue weighted by atomic mass is 10.1. The highest BCUT2D eigenvalue weighted by Crippen LogP contribution is 2.15. The minimum atomic E-state index is -0.0583. The van der Waals surface area contributed by atoms with E-state index in [4.69, 9.17) is 4.74 Å². The van der Waals surface area contributed by atoms with Gasteiger partial charge in [0.2, 0.25) is 0 Å². The van der Waals surface area contributed by atoms with E-state index in [1.807, 2.05) is 41.3 Å². The van der Waals surface area contributed by atoms with Crippen LogP contribution >= 0.6 is 0 Å². The van der Waals surface area contributed by atoms with Gasteiger partial charge in [0.15, 0.2) is 0 Å². The third-order valence-corrected chi connectivity index (χ3v) is 4.35. The molecule has 25 heavy (non-hydrogen) atoms. The maximum absolute atomic E-state index is 12.7. The van der Waals surface area contributed by atoms with Crippen molar-refractivity contribution in [2.45, 2.75) is 31.9 Å². The second kappa shape index (κ2) is 9.18. The van der Waals surface area contributed by atoms with Gasteiger partial charge in [-0.15, -0.1) is 0 Å². The zero-order valence-electron chi connectivity index (χ0n) is 14.4. The van der Waals surface area contributed by atoms with Gasteiger partial charge in [0.25, 0.3) is 0 Å². The smallest absolute Gasteiger partial charge is 0.317 e. The van der Waals surface area contributed by atoms with E-state index < -0.39 is 0 Å². The second-order valence-corrected chi connectivity index (χ2v) is 6.30. The topological polar surface area (TPSA) is 54.5 Å². The molecular weight excluding hydrogens is 314 g/mol. The predicted molar refractivity (Wildman–Crippen MR) is 97.2 cm³/mol. The molecule has 1 unspecified atom stereocenters. The first-order valence-electron chi connectivity index (χ1n) is 8.89. The quantitative estimate of drug-likeness (QED) is 0.844. The SMILES string of the molecule is O=C(NCCc1ccccc1)N(Cc1ccccn1)CC1CCCO1. The molecule has 1 fully saturated rings. The van der Waals surface area contributed by atoms with E-state index in [1.165, 1.54) is 5.56 Å². The number of nitrogens with zero attached hydrogens (tertiary/aromatic N) is 2. The average molecular weight is 339 g/mol. The van der Waals surface area contributed by atoms with Crippen LogP contribution in [0.2, 0.25) is 0 Å². The summed E-state index contributed by atoms with van der Waals surface area (Å²) < 4.78 is 5.70. The zero-order valence-corrected chi connectivity index (χ0v) is 14.4. The van der Waals surface area contributed by atoms with Gasteiger partial charge in [0.1, 0.15) is 0 Å². The van der Waals surface area contributed by atoms with Crippen molar-refractivity contribution >= 4 is 6.03 Å². The Bertz CT molecular complexity index is 643. The lowest BCUT2D eigenvalue weighted by molar-refractivity contribution is 0.0792. The van der Waals surface area contributed by atoms with Crippen molar-refractivity contribution < 1.29 is 9.53 Å². The average Bonchev–Trinajstić information content (AvgIpc) is 3.16. The highest BCUT2D eigenvalue weighted by molar-refractivity contribution is 5.74. The van der Waals surface area contributed by atoms with E-state index in [-0.39, 0.29) is 12.1 Å². The molecule has 2 aromatic rings. The van der Waals surface area contributed by atoms with Crippen LogP contribution in [0, 0.1) is 0 Å². The summed E-state index contributed by atoms with van der Waals surface area (Å²) in [5.74, 6) is 0. The molecule has 1 aliphatic heterocycles. The predicted octanol–water partition coefficient (Wildman–Crippen LogP) is 3.01. The van der Waals surface area contributed by atoms with E-state index in [1.54, 1.807) is 6.20 Å². The van der Waals surface area contributed by atoms with Crippen LogP contribution in [0.5, 0.6) is 0 Å². The summed E-state index contributed by atoms with van der Waals surface area (Å²) in [4.78, 5) is 18.8. The number of pyridine rings is 1. The summed E-state index contributed by atoms with van der Waals surface area (Å²) in [6.07, 6.45) is 4.79. The molecule has 132 valence electrons. The molecular formula is C20H25N3O2. The number of aromatic nitrogens is 1. The third-order valence-electron chi connectivity index (χ3n) is 4.35. The van der Waals surface area contributed by atoms with Crippen LogP contribution < -0.4 is 5.32 Å². The largest absolute Gasteiger partial charge is 0.376 e. The van der Waals surface area contributed by atoms with E-state index in [0.717, 1.165) is 31.6 Å². The number of carbonyl (C=O) groups excluding carboxylic acids is 1. The number of amides is 2. The minimum Gasteiger partial charge on any atom is -0.376 e. The normalized spacial score (nSPS) is 16.6. The van der Waals surface area contributed by atoms with Crippen molar-refractivity contribution in [3.05, 3.63) is 66.0 Å². The highest BCUT2D eigenvalue weighted by Gasteiger charge is 2.22. The Balaban J connectivity index is 1.55. The molecule has 0 spiro atoms. The minimum absolute atomic E-state index is 0.0583. The summed E-state index contributed by atoms with van der Waals surface area (Å²) >= 11 is 0. The number of urea groups is 1. The molecule has 1 saturated heterocycles.